The first-order valence-corrected chi connectivity index (χ1v) is 8.18. The fourth-order valence-corrected chi connectivity index (χ4v) is 3.18. The summed E-state index contributed by atoms with van der Waals surface area (Å²) in [5.41, 5.74) is 2.16. The lowest BCUT2D eigenvalue weighted by Crippen LogP contribution is -2.37. The van der Waals surface area contributed by atoms with Gasteiger partial charge in [-0.05, 0) is 45.1 Å². The molecule has 0 amide bonds. The summed E-state index contributed by atoms with van der Waals surface area (Å²) in [6.45, 7) is 2.10. The van der Waals surface area contributed by atoms with Crippen LogP contribution in [0.1, 0.15) is 12.8 Å². The minimum absolute atomic E-state index is 0.159. The van der Waals surface area contributed by atoms with Crippen molar-refractivity contribution in [2.75, 3.05) is 25.5 Å². The molecule has 7 nitrogen and oxygen atoms in total. The lowest BCUT2D eigenvalue weighted by atomic mass is 10.1. The van der Waals surface area contributed by atoms with Gasteiger partial charge >= 0.3 is 0 Å². The summed E-state index contributed by atoms with van der Waals surface area (Å²) in [6.07, 6.45) is 5.67. The van der Waals surface area contributed by atoms with Crippen molar-refractivity contribution in [2.24, 2.45) is 0 Å². The maximum absolute atomic E-state index is 12.1. The fourth-order valence-electron chi connectivity index (χ4n) is 3.18. The van der Waals surface area contributed by atoms with Gasteiger partial charge in [0.05, 0.1) is 5.69 Å². The van der Waals surface area contributed by atoms with E-state index < -0.39 is 0 Å². The monoisotopic (exact) mass is 324 g/mol. The summed E-state index contributed by atoms with van der Waals surface area (Å²) in [5, 5.41) is 4.33. The van der Waals surface area contributed by atoms with Crippen LogP contribution in [-0.2, 0) is 0 Å². The second-order valence-corrected chi connectivity index (χ2v) is 6.30. The molecule has 0 aromatic carbocycles. The van der Waals surface area contributed by atoms with Crippen LogP contribution < -0.4 is 10.9 Å². The summed E-state index contributed by atoms with van der Waals surface area (Å²) >= 11 is 0. The number of H-pyrrole nitrogens is 2. The molecular formula is C17H20N6O. The minimum Gasteiger partial charge on any atom is -0.353 e. The number of nitrogens with one attached hydrogen (secondary N) is 3. The van der Waals surface area contributed by atoms with Crippen LogP contribution in [0, 0.1) is 0 Å². The van der Waals surface area contributed by atoms with Crippen molar-refractivity contribution in [3.63, 3.8) is 0 Å². The lowest BCUT2D eigenvalue weighted by molar-refractivity contribution is 0.263. The van der Waals surface area contributed by atoms with Gasteiger partial charge in [-0.15, -0.1) is 0 Å². The van der Waals surface area contributed by atoms with Gasteiger partial charge in [-0.2, -0.15) is 0 Å². The average molecular weight is 324 g/mol. The van der Waals surface area contributed by atoms with Gasteiger partial charge in [0, 0.05) is 35.5 Å². The topological polar surface area (TPSA) is 89.7 Å². The molecule has 7 heteroatoms. The van der Waals surface area contributed by atoms with Crippen LogP contribution in [-0.4, -0.2) is 51.0 Å². The van der Waals surface area contributed by atoms with E-state index in [2.05, 4.69) is 37.2 Å². The largest absolute Gasteiger partial charge is 0.353 e. The first-order chi connectivity index (χ1) is 11.7. The molecule has 3 aromatic rings. The molecule has 4 rings (SSSR count). The van der Waals surface area contributed by atoms with E-state index in [1.165, 1.54) is 6.07 Å². The maximum Gasteiger partial charge on any atom is 0.252 e. The van der Waals surface area contributed by atoms with Crippen LogP contribution in [0.3, 0.4) is 0 Å². The minimum atomic E-state index is -0.159. The first-order valence-electron chi connectivity index (χ1n) is 8.18. The number of pyridine rings is 1. The number of aromatic amines is 2. The smallest absolute Gasteiger partial charge is 0.252 e. The molecule has 0 bridgehead atoms. The highest BCUT2D eigenvalue weighted by atomic mass is 16.1. The Morgan fingerprint density at radius 2 is 2.17 bits per heavy atom. The zero-order valence-electron chi connectivity index (χ0n) is 13.5. The highest BCUT2D eigenvalue weighted by Gasteiger charge is 2.18. The quantitative estimate of drug-likeness (QED) is 0.684. The van der Waals surface area contributed by atoms with Gasteiger partial charge < -0.3 is 15.2 Å². The van der Waals surface area contributed by atoms with Crippen LogP contribution >= 0.6 is 0 Å². The van der Waals surface area contributed by atoms with Crippen molar-refractivity contribution >= 4 is 17.0 Å². The molecule has 1 aliphatic heterocycles. The van der Waals surface area contributed by atoms with Crippen LogP contribution in [0.4, 0.5) is 5.95 Å². The van der Waals surface area contributed by atoms with Crippen molar-refractivity contribution in [2.45, 2.75) is 18.9 Å². The van der Waals surface area contributed by atoms with Gasteiger partial charge in [0.1, 0.15) is 5.65 Å². The Bertz CT molecular complexity index is 907. The van der Waals surface area contributed by atoms with E-state index in [9.17, 15) is 4.79 Å². The lowest BCUT2D eigenvalue weighted by Gasteiger charge is -2.29. The molecule has 4 heterocycles. The summed E-state index contributed by atoms with van der Waals surface area (Å²) in [4.78, 5) is 29.2. The van der Waals surface area contributed by atoms with Gasteiger partial charge in [-0.25, -0.2) is 9.97 Å². The van der Waals surface area contributed by atoms with E-state index in [0.29, 0.717) is 17.7 Å². The second kappa shape index (κ2) is 6.09. The standard InChI is InChI=1S/C17H20N6O/c1-23-7-4-11(5-8-23)20-17-21-14(9-15(24)22-17)13-10-19-16-12(13)3-2-6-18-16/h2-3,6,9-11H,4-5,7-8H2,1H3,(H,18,19)(H2,20,21,22,24). The fraction of sp³-hybridized carbons (Fsp3) is 0.353. The van der Waals surface area contributed by atoms with E-state index in [-0.39, 0.29) is 5.56 Å². The predicted octanol–water partition coefficient (Wildman–Crippen LogP) is 1.82. The van der Waals surface area contributed by atoms with E-state index >= 15 is 0 Å². The molecule has 0 atom stereocenters. The zero-order valence-corrected chi connectivity index (χ0v) is 13.5. The third-order valence-electron chi connectivity index (χ3n) is 4.53. The molecule has 0 aliphatic carbocycles. The predicted molar refractivity (Wildman–Crippen MR) is 94.1 cm³/mol. The molecule has 1 fully saturated rings. The number of anilines is 1. The highest BCUT2D eigenvalue weighted by molar-refractivity contribution is 5.92. The number of fused-ring (bicyclic) bond motifs is 1. The van der Waals surface area contributed by atoms with Crippen molar-refractivity contribution in [1.29, 1.82) is 0 Å². The van der Waals surface area contributed by atoms with E-state index in [0.717, 1.165) is 42.5 Å². The number of hydrogen-bond acceptors (Lipinski definition) is 5. The Kier molecular flexibility index (Phi) is 3.78. The third-order valence-corrected chi connectivity index (χ3v) is 4.53. The Labute approximate surface area is 139 Å². The molecule has 0 radical (unpaired) electrons. The molecule has 124 valence electrons. The van der Waals surface area contributed by atoms with E-state index in [4.69, 9.17) is 0 Å². The Balaban J connectivity index is 1.65. The Morgan fingerprint density at radius 3 is 3.00 bits per heavy atom. The molecule has 24 heavy (non-hydrogen) atoms. The molecule has 0 unspecified atom stereocenters. The average Bonchev–Trinajstić information content (AvgIpc) is 3.01. The van der Waals surface area contributed by atoms with E-state index in [1.807, 2.05) is 18.3 Å². The summed E-state index contributed by atoms with van der Waals surface area (Å²) in [7, 11) is 2.13. The maximum atomic E-state index is 12.1. The van der Waals surface area contributed by atoms with Crippen molar-refractivity contribution in [3.05, 3.63) is 40.9 Å². The van der Waals surface area contributed by atoms with Crippen molar-refractivity contribution < 1.29 is 0 Å². The molecular weight excluding hydrogens is 304 g/mol. The first kappa shape index (κ1) is 14.9. The summed E-state index contributed by atoms with van der Waals surface area (Å²) < 4.78 is 0. The van der Waals surface area contributed by atoms with Crippen molar-refractivity contribution in [1.82, 2.24) is 24.8 Å². The second-order valence-electron chi connectivity index (χ2n) is 6.30. The van der Waals surface area contributed by atoms with Crippen LogP contribution in [0.5, 0.6) is 0 Å². The summed E-state index contributed by atoms with van der Waals surface area (Å²) in [5.74, 6) is 0.533. The molecule has 3 N–H and O–H groups in total. The third kappa shape index (κ3) is 2.90. The highest BCUT2D eigenvalue weighted by Crippen LogP contribution is 2.25. The number of hydrogen-bond donors (Lipinski definition) is 3. The van der Waals surface area contributed by atoms with Crippen LogP contribution in [0.2, 0.25) is 0 Å². The Morgan fingerprint density at radius 1 is 1.33 bits per heavy atom. The van der Waals surface area contributed by atoms with Gasteiger partial charge in [-0.3, -0.25) is 9.78 Å². The molecule has 1 saturated heterocycles. The van der Waals surface area contributed by atoms with Gasteiger partial charge in [0.15, 0.2) is 0 Å². The SMILES string of the molecule is CN1CCC(Nc2nc(-c3c[nH]c4ncccc34)cc(=O)[nH]2)CC1. The number of nitrogens with zero attached hydrogens (tertiary/aromatic N) is 3. The van der Waals surface area contributed by atoms with Crippen LogP contribution in [0.25, 0.3) is 22.3 Å². The van der Waals surface area contributed by atoms with Crippen molar-refractivity contribution in [3.8, 4) is 11.3 Å². The van der Waals surface area contributed by atoms with Gasteiger partial charge in [0.25, 0.3) is 5.56 Å². The molecule has 0 spiro atoms. The number of likely N-dealkylation sites (tertiary alicyclic amines) is 1. The molecule has 1 aliphatic rings. The van der Waals surface area contributed by atoms with Crippen LogP contribution in [0.15, 0.2) is 35.4 Å². The van der Waals surface area contributed by atoms with Gasteiger partial charge in [-0.1, -0.05) is 0 Å². The van der Waals surface area contributed by atoms with E-state index in [1.54, 1.807) is 6.20 Å². The summed E-state index contributed by atoms with van der Waals surface area (Å²) in [6, 6.07) is 5.71. The number of piperidine rings is 1. The number of aromatic nitrogens is 4. The normalized spacial score (nSPS) is 16.5. The molecule has 3 aromatic heterocycles. The molecule has 0 saturated carbocycles. The van der Waals surface area contributed by atoms with Gasteiger partial charge in [0.2, 0.25) is 5.95 Å². The number of rotatable bonds is 3. The zero-order chi connectivity index (χ0) is 16.5. The Hall–Kier alpha value is -2.67.